The van der Waals surface area contributed by atoms with E-state index in [0.717, 1.165) is 44.9 Å². The number of rotatable bonds is 4. The Hall–Kier alpha value is -0.360. The molecule has 5 aliphatic carbocycles. The molecule has 0 aromatic carbocycles. The molecular formula is C35H58O9. The normalized spacial score (nSPS) is 59.8. The van der Waals surface area contributed by atoms with Crippen molar-refractivity contribution in [3.63, 3.8) is 0 Å². The lowest BCUT2D eigenvalue weighted by atomic mass is 9.41. The van der Waals surface area contributed by atoms with Gasteiger partial charge < -0.3 is 44.8 Å². The second kappa shape index (κ2) is 9.63. The molecule has 2 heterocycles. The maximum absolute atomic E-state index is 12.1. The van der Waals surface area contributed by atoms with E-state index in [1.165, 1.54) is 0 Å². The standard InChI is InChI=1S/C35H58O9/c1-29(2)22(43-28-25(40)24(39)20(38)16-42-28)9-11-35-17-34(35)13-12-31(5)27(33(7)10-8-23(44-33)30(3,4)41)19(37)15-32(31,6)21(34)14-18(36)26(29)35/h18-28,36-41H,8-17H2,1-7H3/t18-,19+,20+,21-,22+,23+,24+,25+,26-,27-,28+,31-,32+,33-,34+,35-/m1/s1. The van der Waals surface area contributed by atoms with Crippen LogP contribution in [0.3, 0.4) is 0 Å². The summed E-state index contributed by atoms with van der Waals surface area (Å²) in [7, 11) is 0. The van der Waals surface area contributed by atoms with Crippen LogP contribution in [-0.2, 0) is 14.2 Å². The van der Waals surface area contributed by atoms with Crippen LogP contribution in [0.1, 0.15) is 106 Å². The van der Waals surface area contributed by atoms with E-state index < -0.39 is 53.4 Å². The fourth-order valence-corrected chi connectivity index (χ4v) is 13.4. The van der Waals surface area contributed by atoms with Gasteiger partial charge in [0.05, 0.1) is 42.2 Å². The van der Waals surface area contributed by atoms with Crippen LogP contribution >= 0.6 is 0 Å². The molecule has 9 heteroatoms. The van der Waals surface area contributed by atoms with Gasteiger partial charge in [-0.3, -0.25) is 0 Å². The minimum Gasteiger partial charge on any atom is -0.393 e. The van der Waals surface area contributed by atoms with Crippen LogP contribution in [0.5, 0.6) is 0 Å². The molecule has 2 spiro atoms. The fraction of sp³-hybridized carbons (Fsp3) is 1.00. The Morgan fingerprint density at radius 3 is 2.11 bits per heavy atom. The summed E-state index contributed by atoms with van der Waals surface area (Å²) < 4.78 is 18.7. The van der Waals surface area contributed by atoms with Gasteiger partial charge in [0.1, 0.15) is 18.3 Å². The molecule has 2 saturated heterocycles. The van der Waals surface area contributed by atoms with Crippen LogP contribution in [-0.4, -0.2) is 97.5 Å². The third kappa shape index (κ3) is 3.97. The summed E-state index contributed by atoms with van der Waals surface area (Å²) in [4.78, 5) is 0. The fourth-order valence-electron chi connectivity index (χ4n) is 13.4. The topological polar surface area (TPSA) is 149 Å². The van der Waals surface area contributed by atoms with E-state index in [2.05, 4.69) is 34.6 Å². The Morgan fingerprint density at radius 2 is 1.45 bits per heavy atom. The van der Waals surface area contributed by atoms with Gasteiger partial charge in [-0.2, -0.15) is 0 Å². The van der Waals surface area contributed by atoms with Gasteiger partial charge in [0.15, 0.2) is 6.29 Å². The summed E-state index contributed by atoms with van der Waals surface area (Å²) in [6.07, 6.45) is 1.57. The lowest BCUT2D eigenvalue weighted by molar-refractivity contribution is -0.306. The molecule has 0 unspecified atom stereocenters. The molecule has 0 amide bonds. The first-order chi connectivity index (χ1) is 20.3. The Bertz CT molecular complexity index is 1160. The maximum Gasteiger partial charge on any atom is 0.186 e. The molecule has 5 saturated carbocycles. The highest BCUT2D eigenvalue weighted by Crippen LogP contribution is 2.89. The molecule has 0 bridgehead atoms. The van der Waals surface area contributed by atoms with Gasteiger partial charge in [-0.1, -0.05) is 27.7 Å². The quantitative estimate of drug-likeness (QED) is 0.260. The predicted molar refractivity (Wildman–Crippen MR) is 161 cm³/mol. The Labute approximate surface area is 262 Å². The lowest BCUT2D eigenvalue weighted by Crippen LogP contribution is -2.63. The van der Waals surface area contributed by atoms with Crippen molar-refractivity contribution >= 4 is 0 Å². The van der Waals surface area contributed by atoms with Crippen LogP contribution in [0, 0.1) is 44.8 Å². The first kappa shape index (κ1) is 32.2. The molecule has 16 atom stereocenters. The van der Waals surface area contributed by atoms with E-state index in [1.54, 1.807) is 0 Å². The van der Waals surface area contributed by atoms with Gasteiger partial charge in [-0.15, -0.1) is 0 Å². The number of aliphatic hydroxyl groups is 6. The van der Waals surface area contributed by atoms with Crippen molar-refractivity contribution in [3.8, 4) is 0 Å². The minimum atomic E-state index is -1.33. The number of aliphatic hydroxyl groups excluding tert-OH is 5. The van der Waals surface area contributed by atoms with Gasteiger partial charge in [-0.25, -0.2) is 0 Å². The zero-order valence-corrected chi connectivity index (χ0v) is 27.8. The van der Waals surface area contributed by atoms with Crippen LogP contribution in [0.2, 0.25) is 0 Å². The molecule has 6 N–H and O–H groups in total. The number of hydrogen-bond donors (Lipinski definition) is 6. The molecule has 0 aromatic heterocycles. The number of hydrogen-bond acceptors (Lipinski definition) is 9. The van der Waals surface area contributed by atoms with Crippen molar-refractivity contribution in [3.05, 3.63) is 0 Å². The summed E-state index contributed by atoms with van der Waals surface area (Å²) >= 11 is 0. The van der Waals surface area contributed by atoms with Crippen molar-refractivity contribution < 1.29 is 44.8 Å². The molecule has 0 radical (unpaired) electrons. The van der Waals surface area contributed by atoms with E-state index in [1.807, 2.05) is 13.8 Å². The molecule has 252 valence electrons. The Morgan fingerprint density at radius 1 is 0.750 bits per heavy atom. The van der Waals surface area contributed by atoms with E-state index in [-0.39, 0.29) is 52.3 Å². The van der Waals surface area contributed by atoms with Crippen molar-refractivity contribution in [2.24, 2.45) is 44.8 Å². The zero-order chi connectivity index (χ0) is 32.0. The summed E-state index contributed by atoms with van der Waals surface area (Å²) in [5, 5.41) is 65.5. The summed E-state index contributed by atoms with van der Waals surface area (Å²) in [6, 6.07) is 0. The largest absolute Gasteiger partial charge is 0.393 e. The summed E-state index contributed by atoms with van der Waals surface area (Å²) in [5.74, 6) is 0.285. The van der Waals surface area contributed by atoms with Crippen molar-refractivity contribution in [2.45, 2.75) is 166 Å². The van der Waals surface area contributed by atoms with Crippen molar-refractivity contribution in [1.29, 1.82) is 0 Å². The molecule has 9 nitrogen and oxygen atoms in total. The lowest BCUT2D eigenvalue weighted by Gasteiger charge is -2.64. The van der Waals surface area contributed by atoms with Crippen LogP contribution in [0.15, 0.2) is 0 Å². The van der Waals surface area contributed by atoms with E-state index in [9.17, 15) is 30.6 Å². The zero-order valence-electron chi connectivity index (χ0n) is 27.8. The highest BCUT2D eigenvalue weighted by Gasteiger charge is 2.85. The molecule has 44 heavy (non-hydrogen) atoms. The molecule has 7 aliphatic rings. The number of fused-ring (bicyclic) bond motifs is 2. The second-order valence-electron chi connectivity index (χ2n) is 18.3. The van der Waals surface area contributed by atoms with Gasteiger partial charge in [0, 0.05) is 5.92 Å². The summed E-state index contributed by atoms with van der Waals surface area (Å²) in [5.41, 5.74) is -2.01. The van der Waals surface area contributed by atoms with Gasteiger partial charge in [0.25, 0.3) is 0 Å². The Kier molecular flexibility index (Phi) is 7.04. The monoisotopic (exact) mass is 622 g/mol. The molecule has 0 aromatic rings. The smallest absolute Gasteiger partial charge is 0.186 e. The average molecular weight is 623 g/mol. The highest BCUT2D eigenvalue weighted by molar-refractivity contribution is 5.33. The minimum absolute atomic E-state index is 0.00753. The van der Waals surface area contributed by atoms with Crippen LogP contribution < -0.4 is 0 Å². The van der Waals surface area contributed by atoms with E-state index >= 15 is 0 Å². The van der Waals surface area contributed by atoms with Gasteiger partial charge in [0.2, 0.25) is 0 Å². The van der Waals surface area contributed by atoms with Crippen molar-refractivity contribution in [1.82, 2.24) is 0 Å². The highest BCUT2D eigenvalue weighted by atomic mass is 16.7. The first-order valence-corrected chi connectivity index (χ1v) is 17.4. The van der Waals surface area contributed by atoms with Crippen molar-refractivity contribution in [2.75, 3.05) is 6.61 Å². The second-order valence-corrected chi connectivity index (χ2v) is 18.3. The number of ether oxygens (including phenoxy) is 3. The van der Waals surface area contributed by atoms with Crippen LogP contribution in [0.4, 0.5) is 0 Å². The first-order valence-electron chi connectivity index (χ1n) is 17.4. The van der Waals surface area contributed by atoms with E-state index in [4.69, 9.17) is 14.2 Å². The predicted octanol–water partition coefficient (Wildman–Crippen LogP) is 2.90. The molecular weight excluding hydrogens is 564 g/mol. The van der Waals surface area contributed by atoms with Gasteiger partial charge in [-0.05, 0) is 117 Å². The SMILES string of the molecule is CC(C)(O)[C@@H]1CC[C@](C)([C@@H]2[C@@H](O)C[C@@]3(C)[C@H]4C[C@@H](O)[C@@H]5C(C)(C)[C@@H](O[C@@H]6OC[C@H](O)[C@H](O)[C@@H]6O)CC[C@@]56C[C@@]46CC[C@]23C)O1. The average Bonchev–Trinajstić information content (AvgIpc) is 3.27. The third-order valence-electron chi connectivity index (χ3n) is 15.5. The maximum atomic E-state index is 12.1. The Balaban J connectivity index is 1.15. The molecule has 7 rings (SSSR count). The third-order valence-corrected chi connectivity index (χ3v) is 15.5. The van der Waals surface area contributed by atoms with Crippen LogP contribution in [0.25, 0.3) is 0 Å². The summed E-state index contributed by atoms with van der Waals surface area (Å²) in [6.45, 7) is 14.8. The molecule has 2 aliphatic heterocycles. The molecule has 7 fully saturated rings. The van der Waals surface area contributed by atoms with Gasteiger partial charge >= 0.3 is 0 Å². The van der Waals surface area contributed by atoms with E-state index in [0.29, 0.717) is 18.8 Å².